The van der Waals surface area contributed by atoms with Gasteiger partial charge in [0.1, 0.15) is 5.75 Å². The maximum absolute atomic E-state index is 13.6. The quantitative estimate of drug-likeness (QED) is 0.169. The zero-order valence-corrected chi connectivity index (χ0v) is 22.5. The lowest BCUT2D eigenvalue weighted by atomic mass is 10.1. The van der Waals surface area contributed by atoms with Crippen LogP contribution in [0.1, 0.15) is 43.9 Å². The number of rotatable bonds is 10. The van der Waals surface area contributed by atoms with E-state index in [1.807, 2.05) is 117 Å². The summed E-state index contributed by atoms with van der Waals surface area (Å²) >= 11 is 1.55. The van der Waals surface area contributed by atoms with Crippen molar-refractivity contribution >= 4 is 29.4 Å². The molecular formula is C32H32N2O3S. The molecule has 0 aromatic heterocycles. The van der Waals surface area contributed by atoms with Crippen molar-refractivity contribution in [2.24, 2.45) is 0 Å². The lowest BCUT2D eigenvalue weighted by molar-refractivity contribution is -0.134. The summed E-state index contributed by atoms with van der Waals surface area (Å²) in [7, 11) is 0. The number of carbonyl (C=O) groups excluding carboxylic acids is 2. The van der Waals surface area contributed by atoms with E-state index in [1.54, 1.807) is 22.7 Å². The average molecular weight is 525 g/mol. The summed E-state index contributed by atoms with van der Waals surface area (Å²) in [5.74, 6) is 0.299. The van der Waals surface area contributed by atoms with Gasteiger partial charge in [0.2, 0.25) is 0 Å². The molecule has 4 aromatic carbocycles. The molecule has 0 aliphatic carbocycles. The second-order valence-electron chi connectivity index (χ2n) is 8.90. The van der Waals surface area contributed by atoms with Crippen molar-refractivity contribution < 1.29 is 14.3 Å². The molecule has 6 heteroatoms. The summed E-state index contributed by atoms with van der Waals surface area (Å²) in [5.41, 5.74) is 2.88. The van der Waals surface area contributed by atoms with Crippen LogP contribution in [0.4, 0.5) is 10.5 Å². The fourth-order valence-electron chi connectivity index (χ4n) is 4.08. The number of nitrogens with zero attached hydrogens (tertiary/aromatic N) is 1. The zero-order valence-electron chi connectivity index (χ0n) is 21.7. The molecule has 0 saturated carbocycles. The summed E-state index contributed by atoms with van der Waals surface area (Å²) in [4.78, 5) is 29.2. The first-order valence-electron chi connectivity index (χ1n) is 12.8. The van der Waals surface area contributed by atoms with Gasteiger partial charge in [-0.3, -0.25) is 9.69 Å². The van der Waals surface area contributed by atoms with Crippen molar-refractivity contribution in [1.29, 1.82) is 0 Å². The normalized spacial score (nSPS) is 11.4. The highest BCUT2D eigenvalue weighted by Gasteiger charge is 2.23. The molecule has 0 bridgehead atoms. The summed E-state index contributed by atoms with van der Waals surface area (Å²) in [6, 6.07) is 35.0. The van der Waals surface area contributed by atoms with Crippen molar-refractivity contribution in [2.75, 3.05) is 4.90 Å². The first-order chi connectivity index (χ1) is 18.5. The Balaban J connectivity index is 1.57. The molecule has 2 amide bonds. The maximum Gasteiger partial charge on any atom is 0.322 e. The van der Waals surface area contributed by atoms with Crippen LogP contribution in [0, 0.1) is 0 Å². The second kappa shape index (κ2) is 13.5. The van der Waals surface area contributed by atoms with E-state index in [2.05, 4.69) is 5.32 Å². The van der Waals surface area contributed by atoms with Gasteiger partial charge in [0, 0.05) is 28.4 Å². The second-order valence-corrected chi connectivity index (χ2v) is 10.0. The maximum atomic E-state index is 13.6. The predicted molar refractivity (Wildman–Crippen MR) is 154 cm³/mol. The van der Waals surface area contributed by atoms with Gasteiger partial charge < -0.3 is 10.1 Å². The molecule has 38 heavy (non-hydrogen) atoms. The summed E-state index contributed by atoms with van der Waals surface area (Å²) in [5, 5.41) is 3.09. The smallest absolute Gasteiger partial charge is 0.322 e. The third-order valence-electron chi connectivity index (χ3n) is 6.00. The monoisotopic (exact) mass is 524 g/mol. The first-order valence-corrected chi connectivity index (χ1v) is 13.6. The lowest BCUT2D eigenvalue weighted by Gasteiger charge is -2.30. The Hall–Kier alpha value is -4.03. The molecule has 0 radical (unpaired) electrons. The van der Waals surface area contributed by atoms with E-state index in [-0.39, 0.29) is 18.0 Å². The van der Waals surface area contributed by atoms with Gasteiger partial charge >= 0.3 is 12.0 Å². The van der Waals surface area contributed by atoms with Gasteiger partial charge in [0.15, 0.2) is 0 Å². The minimum absolute atomic E-state index is 0.169. The van der Waals surface area contributed by atoms with Crippen LogP contribution < -0.4 is 15.0 Å². The SMILES string of the molecule is CCCC(=O)Oc1cccc(Sc2cccc(N(C(=O)NCc3ccccc3)C(C)c3ccccc3)c2)c1. The summed E-state index contributed by atoms with van der Waals surface area (Å²) in [6.07, 6.45) is 1.14. The fourth-order valence-corrected chi connectivity index (χ4v) is 5.00. The van der Waals surface area contributed by atoms with E-state index in [4.69, 9.17) is 4.74 Å². The van der Waals surface area contributed by atoms with E-state index >= 15 is 0 Å². The van der Waals surface area contributed by atoms with Crippen LogP contribution in [0.25, 0.3) is 0 Å². The fraction of sp³-hybridized carbons (Fsp3) is 0.188. The van der Waals surface area contributed by atoms with E-state index in [1.165, 1.54) is 0 Å². The predicted octanol–water partition coefficient (Wildman–Crippen LogP) is 8.02. The molecular weight excluding hydrogens is 492 g/mol. The third kappa shape index (κ3) is 7.49. The van der Waals surface area contributed by atoms with Gasteiger partial charge in [0.05, 0.1) is 6.04 Å². The van der Waals surface area contributed by atoms with Gasteiger partial charge in [-0.15, -0.1) is 0 Å². The number of hydrogen-bond acceptors (Lipinski definition) is 4. The largest absolute Gasteiger partial charge is 0.426 e. The highest BCUT2D eigenvalue weighted by Crippen LogP contribution is 2.34. The van der Waals surface area contributed by atoms with Crippen molar-refractivity contribution in [3.05, 3.63) is 120 Å². The standard InChI is InChI=1S/C32H32N2O3S/c1-3-12-31(35)37-28-18-11-20-30(22-28)38-29-19-10-17-27(21-29)34(24(2)26-15-8-5-9-16-26)32(36)33-23-25-13-6-4-7-14-25/h4-11,13-22,24H,3,12,23H2,1-2H3,(H,33,36). The van der Waals surface area contributed by atoms with Crippen LogP contribution in [0.15, 0.2) is 119 Å². The van der Waals surface area contributed by atoms with Crippen molar-refractivity contribution in [1.82, 2.24) is 5.32 Å². The first kappa shape index (κ1) is 27.0. The van der Waals surface area contributed by atoms with Crippen molar-refractivity contribution in [3.8, 4) is 5.75 Å². The molecule has 4 rings (SSSR count). The molecule has 0 spiro atoms. The molecule has 0 saturated heterocycles. The molecule has 0 heterocycles. The Bertz CT molecular complexity index is 1350. The number of hydrogen-bond donors (Lipinski definition) is 1. The van der Waals surface area contributed by atoms with Gasteiger partial charge in [-0.05, 0) is 60.9 Å². The number of anilines is 1. The van der Waals surface area contributed by atoms with Crippen LogP contribution in [-0.2, 0) is 11.3 Å². The van der Waals surface area contributed by atoms with E-state index in [0.29, 0.717) is 18.7 Å². The molecule has 1 N–H and O–H groups in total. The number of amides is 2. The highest BCUT2D eigenvalue weighted by molar-refractivity contribution is 7.99. The topological polar surface area (TPSA) is 58.6 Å². The number of benzene rings is 4. The molecule has 1 unspecified atom stereocenters. The van der Waals surface area contributed by atoms with Crippen LogP contribution in [0.3, 0.4) is 0 Å². The number of esters is 1. The Kier molecular flexibility index (Phi) is 9.59. The minimum atomic E-state index is -0.233. The number of carbonyl (C=O) groups is 2. The summed E-state index contributed by atoms with van der Waals surface area (Å²) in [6.45, 7) is 4.42. The lowest BCUT2D eigenvalue weighted by Crippen LogP contribution is -2.41. The van der Waals surface area contributed by atoms with Crippen LogP contribution in [0.2, 0.25) is 0 Å². The Labute approximate surface area is 228 Å². The van der Waals surface area contributed by atoms with Gasteiger partial charge in [-0.1, -0.05) is 91.5 Å². The van der Waals surface area contributed by atoms with Crippen LogP contribution >= 0.6 is 11.8 Å². The van der Waals surface area contributed by atoms with Crippen molar-refractivity contribution in [2.45, 2.75) is 49.1 Å². The van der Waals surface area contributed by atoms with Crippen LogP contribution in [0.5, 0.6) is 5.75 Å². The molecule has 1 atom stereocenters. The molecule has 4 aromatic rings. The van der Waals surface area contributed by atoms with E-state index < -0.39 is 0 Å². The molecule has 0 fully saturated rings. The van der Waals surface area contributed by atoms with Crippen LogP contribution in [-0.4, -0.2) is 12.0 Å². The Morgan fingerprint density at radius 1 is 0.842 bits per heavy atom. The van der Waals surface area contributed by atoms with Gasteiger partial charge in [-0.25, -0.2) is 4.79 Å². The Morgan fingerprint density at radius 3 is 2.21 bits per heavy atom. The minimum Gasteiger partial charge on any atom is -0.426 e. The Morgan fingerprint density at radius 2 is 1.50 bits per heavy atom. The number of ether oxygens (including phenoxy) is 1. The van der Waals surface area contributed by atoms with E-state index in [0.717, 1.165) is 33.0 Å². The van der Waals surface area contributed by atoms with Gasteiger partial charge in [0.25, 0.3) is 0 Å². The molecule has 0 aliphatic rings. The molecule has 5 nitrogen and oxygen atoms in total. The highest BCUT2D eigenvalue weighted by atomic mass is 32.2. The molecule has 0 aliphatic heterocycles. The van der Waals surface area contributed by atoms with Crippen molar-refractivity contribution in [3.63, 3.8) is 0 Å². The summed E-state index contributed by atoms with van der Waals surface area (Å²) < 4.78 is 5.46. The van der Waals surface area contributed by atoms with E-state index in [9.17, 15) is 9.59 Å². The van der Waals surface area contributed by atoms with Gasteiger partial charge in [-0.2, -0.15) is 0 Å². The number of urea groups is 1. The zero-order chi connectivity index (χ0) is 26.7. The molecule has 194 valence electrons. The average Bonchev–Trinajstić information content (AvgIpc) is 2.93. The number of nitrogens with one attached hydrogen (secondary N) is 1. The third-order valence-corrected chi connectivity index (χ3v) is 6.98.